The fourth-order valence-corrected chi connectivity index (χ4v) is 5.09. The second-order valence-electron chi connectivity index (χ2n) is 6.41. The molecule has 0 amide bonds. The molecule has 0 heterocycles. The maximum atomic E-state index is 12.1. The molecule has 0 aromatic rings. The molecule has 4 fully saturated rings. The number of rotatable bonds is 3. The molecular formula is C12H16N2O6. The third-order valence-corrected chi connectivity index (χ3v) is 5.59. The summed E-state index contributed by atoms with van der Waals surface area (Å²) in [5.74, 6) is -1.53. The number of nitro groups is 2. The summed E-state index contributed by atoms with van der Waals surface area (Å²) in [5.41, 5.74) is -2.84. The van der Waals surface area contributed by atoms with Gasteiger partial charge in [0.15, 0.2) is 0 Å². The fraction of sp³-hybridized carbons (Fsp3) is 0.917. The molecule has 0 N–H and O–H groups in total. The van der Waals surface area contributed by atoms with Gasteiger partial charge in [0.1, 0.15) is 11.8 Å². The molecule has 4 aliphatic rings. The second-order valence-corrected chi connectivity index (χ2v) is 6.41. The molecule has 8 heteroatoms. The zero-order valence-electron chi connectivity index (χ0n) is 11.1. The van der Waals surface area contributed by atoms with Gasteiger partial charge in [-0.2, -0.15) is 0 Å². The molecule has 4 bridgehead atoms. The van der Waals surface area contributed by atoms with Gasteiger partial charge in [-0.3, -0.25) is 25.0 Å². The van der Waals surface area contributed by atoms with E-state index in [0.717, 1.165) is 0 Å². The topological polar surface area (TPSA) is 113 Å². The van der Waals surface area contributed by atoms with Gasteiger partial charge in [0.05, 0.1) is 22.4 Å². The van der Waals surface area contributed by atoms with Crippen LogP contribution in [0.4, 0.5) is 0 Å². The number of methoxy groups -OCH3 is 1. The van der Waals surface area contributed by atoms with Gasteiger partial charge in [-0.1, -0.05) is 0 Å². The first-order valence-corrected chi connectivity index (χ1v) is 6.74. The van der Waals surface area contributed by atoms with Crippen LogP contribution < -0.4 is 0 Å². The van der Waals surface area contributed by atoms with Crippen LogP contribution in [0.15, 0.2) is 0 Å². The highest BCUT2D eigenvalue weighted by Crippen LogP contribution is 2.64. The first-order valence-electron chi connectivity index (χ1n) is 6.74. The van der Waals surface area contributed by atoms with Gasteiger partial charge in [0, 0.05) is 0 Å². The van der Waals surface area contributed by atoms with E-state index in [-0.39, 0.29) is 24.7 Å². The van der Waals surface area contributed by atoms with Crippen LogP contribution in [0.3, 0.4) is 0 Å². The number of carbonyl (C=O) groups is 1. The highest BCUT2D eigenvalue weighted by molar-refractivity contribution is 5.77. The smallest absolute Gasteiger partial charge is 0.463 e. The minimum atomic E-state index is -2.10. The fourth-order valence-electron chi connectivity index (χ4n) is 5.09. The van der Waals surface area contributed by atoms with E-state index >= 15 is 0 Å². The molecule has 4 saturated carbocycles. The third-order valence-electron chi connectivity index (χ3n) is 5.59. The lowest BCUT2D eigenvalue weighted by atomic mass is 9.46. The summed E-state index contributed by atoms with van der Waals surface area (Å²) in [6, 6.07) is 0. The lowest BCUT2D eigenvalue weighted by molar-refractivity contribution is -0.824. The Hall–Kier alpha value is -1.73. The first-order chi connectivity index (χ1) is 9.36. The van der Waals surface area contributed by atoms with Crippen molar-refractivity contribution in [3.63, 3.8) is 0 Å². The Morgan fingerprint density at radius 2 is 1.60 bits per heavy atom. The number of esters is 1. The summed E-state index contributed by atoms with van der Waals surface area (Å²) in [6.07, 6.45) is 2.00. The lowest BCUT2D eigenvalue weighted by Gasteiger charge is -2.55. The van der Waals surface area contributed by atoms with Crippen LogP contribution in [0.25, 0.3) is 0 Å². The summed E-state index contributed by atoms with van der Waals surface area (Å²) < 4.78 is 4.85. The summed E-state index contributed by atoms with van der Waals surface area (Å²) in [5, 5.41) is 22.9. The monoisotopic (exact) mass is 284 g/mol. The van der Waals surface area contributed by atoms with Crippen molar-refractivity contribution in [2.24, 2.45) is 23.2 Å². The van der Waals surface area contributed by atoms with Crippen molar-refractivity contribution < 1.29 is 19.4 Å². The molecule has 0 spiro atoms. The lowest BCUT2D eigenvalue weighted by Crippen LogP contribution is -2.69. The summed E-state index contributed by atoms with van der Waals surface area (Å²) in [7, 11) is 1.30. The van der Waals surface area contributed by atoms with Crippen molar-refractivity contribution in [1.29, 1.82) is 0 Å². The molecule has 0 unspecified atom stereocenters. The maximum Gasteiger partial charge on any atom is 0.463 e. The Balaban J connectivity index is 2.05. The molecule has 0 aromatic heterocycles. The minimum absolute atomic E-state index is 0.166. The van der Waals surface area contributed by atoms with E-state index in [0.29, 0.717) is 19.3 Å². The van der Waals surface area contributed by atoms with Crippen molar-refractivity contribution in [2.45, 2.75) is 37.8 Å². The Morgan fingerprint density at radius 1 is 1.10 bits per heavy atom. The molecule has 2 atom stereocenters. The highest BCUT2D eigenvalue weighted by atomic mass is 16.7. The number of hydrogen-bond acceptors (Lipinski definition) is 6. The van der Waals surface area contributed by atoms with Crippen LogP contribution >= 0.6 is 0 Å². The molecule has 4 rings (SSSR count). The maximum absolute atomic E-state index is 12.1. The molecule has 0 aliphatic heterocycles. The summed E-state index contributed by atoms with van der Waals surface area (Å²) in [6.45, 7) is 0. The van der Waals surface area contributed by atoms with Gasteiger partial charge in [-0.15, -0.1) is 0 Å². The Bertz CT molecular complexity index is 472. The van der Waals surface area contributed by atoms with Gasteiger partial charge in [-0.25, -0.2) is 0 Å². The summed E-state index contributed by atoms with van der Waals surface area (Å²) >= 11 is 0. The quantitative estimate of drug-likeness (QED) is 0.333. The van der Waals surface area contributed by atoms with E-state index < -0.39 is 32.8 Å². The highest BCUT2D eigenvalue weighted by Gasteiger charge is 2.78. The van der Waals surface area contributed by atoms with Crippen LogP contribution in [0.1, 0.15) is 32.1 Å². The van der Waals surface area contributed by atoms with Gasteiger partial charge in [0.2, 0.25) is 0 Å². The Kier molecular flexibility index (Phi) is 2.58. The second kappa shape index (κ2) is 3.89. The molecule has 8 nitrogen and oxygen atoms in total. The van der Waals surface area contributed by atoms with Crippen LogP contribution in [-0.4, -0.2) is 28.6 Å². The van der Waals surface area contributed by atoms with Crippen LogP contribution in [-0.2, 0) is 9.53 Å². The SMILES string of the molecule is COC(=O)C12CC3C[C@@H](C1)C([N+](=O)[O-])([N+](=O)[O-])[C@@H](C3)C2. The minimum Gasteiger partial charge on any atom is -0.469 e. The zero-order chi connectivity index (χ0) is 14.7. The van der Waals surface area contributed by atoms with Gasteiger partial charge in [0.25, 0.3) is 0 Å². The van der Waals surface area contributed by atoms with Crippen molar-refractivity contribution >= 4 is 5.97 Å². The van der Waals surface area contributed by atoms with Crippen molar-refractivity contribution in [3.8, 4) is 0 Å². The number of ether oxygens (including phenoxy) is 1. The molecule has 0 radical (unpaired) electrons. The molecule has 110 valence electrons. The normalized spacial score (nSPS) is 40.4. The zero-order valence-corrected chi connectivity index (χ0v) is 11.1. The number of carbonyl (C=O) groups excluding carboxylic acids is 1. The van der Waals surface area contributed by atoms with E-state index in [1.807, 2.05) is 0 Å². The van der Waals surface area contributed by atoms with E-state index in [9.17, 15) is 25.0 Å². The molecule has 0 aromatic carbocycles. The number of nitrogens with zero attached hydrogens (tertiary/aromatic N) is 2. The Labute approximate surface area is 114 Å². The van der Waals surface area contributed by atoms with E-state index in [4.69, 9.17) is 4.74 Å². The van der Waals surface area contributed by atoms with Crippen molar-refractivity contribution in [3.05, 3.63) is 20.2 Å². The summed E-state index contributed by atoms with van der Waals surface area (Å²) in [4.78, 5) is 33.5. The molecule has 0 saturated heterocycles. The van der Waals surface area contributed by atoms with Gasteiger partial charge >= 0.3 is 11.6 Å². The first kappa shape index (κ1) is 13.3. The average Bonchev–Trinajstić information content (AvgIpc) is 2.36. The van der Waals surface area contributed by atoms with Crippen LogP contribution in [0.2, 0.25) is 0 Å². The van der Waals surface area contributed by atoms with E-state index in [2.05, 4.69) is 0 Å². The standard InChI is InChI=1S/C12H16N2O6/c1-20-10(15)11-4-7-2-8(5-11)12(13(16)17,14(18)19)9(3-7)6-11/h7-9H,2-6H2,1H3/t7?,8-,9-,11?/m0/s1. The average molecular weight is 284 g/mol. The molecular weight excluding hydrogens is 268 g/mol. The predicted octanol–water partition coefficient (Wildman–Crippen LogP) is 1.24. The van der Waals surface area contributed by atoms with Gasteiger partial charge in [-0.05, 0) is 38.0 Å². The van der Waals surface area contributed by atoms with E-state index in [1.54, 1.807) is 0 Å². The van der Waals surface area contributed by atoms with Crippen LogP contribution in [0, 0.1) is 43.4 Å². The molecule has 20 heavy (non-hydrogen) atoms. The largest absolute Gasteiger partial charge is 0.469 e. The third kappa shape index (κ3) is 1.34. The van der Waals surface area contributed by atoms with Crippen LogP contribution in [0.5, 0.6) is 0 Å². The van der Waals surface area contributed by atoms with Gasteiger partial charge < -0.3 is 4.74 Å². The Morgan fingerprint density at radius 3 is 2.00 bits per heavy atom. The molecule has 4 aliphatic carbocycles. The van der Waals surface area contributed by atoms with E-state index in [1.165, 1.54) is 7.11 Å². The predicted molar refractivity (Wildman–Crippen MR) is 64.7 cm³/mol. The van der Waals surface area contributed by atoms with Crippen molar-refractivity contribution in [1.82, 2.24) is 0 Å². The number of hydrogen-bond donors (Lipinski definition) is 0. The van der Waals surface area contributed by atoms with Crippen molar-refractivity contribution in [2.75, 3.05) is 7.11 Å².